The fraction of sp³-hybridized carbons (Fsp3) is 0.600. The van der Waals surface area contributed by atoms with Crippen LogP contribution in [0.2, 0.25) is 0 Å². The van der Waals surface area contributed by atoms with Gasteiger partial charge >= 0.3 is 0 Å². The molecule has 0 aliphatic carbocycles. The lowest BCUT2D eigenvalue weighted by Crippen LogP contribution is -2.39. The molecular weight excluding hydrogens is 342 g/mol. The molecule has 2 N–H and O–H groups in total. The van der Waals surface area contributed by atoms with Gasteiger partial charge in [0.25, 0.3) is 0 Å². The summed E-state index contributed by atoms with van der Waals surface area (Å²) in [5.41, 5.74) is 3.27. The van der Waals surface area contributed by atoms with Crippen LogP contribution < -0.4 is 10.6 Å². The van der Waals surface area contributed by atoms with Gasteiger partial charge in [-0.25, -0.2) is 4.98 Å². The van der Waals surface area contributed by atoms with Crippen molar-refractivity contribution in [1.82, 2.24) is 20.0 Å². The molecule has 2 rings (SSSR count). The molecule has 0 spiro atoms. The largest absolute Gasteiger partial charge is 0.379 e. The summed E-state index contributed by atoms with van der Waals surface area (Å²) in [6.45, 7) is 8.46. The topological polar surface area (TPSA) is 72.2 Å². The molecule has 150 valence electrons. The molecule has 0 aromatic carbocycles. The van der Waals surface area contributed by atoms with E-state index in [0.717, 1.165) is 49.7 Å². The molecule has 2 heterocycles. The van der Waals surface area contributed by atoms with Crippen molar-refractivity contribution in [2.24, 2.45) is 4.99 Å². The first kappa shape index (κ1) is 21.2. The highest BCUT2D eigenvalue weighted by atomic mass is 16.5. The average Bonchev–Trinajstić information content (AvgIpc) is 3.09. The summed E-state index contributed by atoms with van der Waals surface area (Å²) in [7, 11) is 1.77. The second-order valence-electron chi connectivity index (χ2n) is 6.41. The van der Waals surface area contributed by atoms with Gasteiger partial charge in [0.2, 0.25) is 0 Å². The summed E-state index contributed by atoms with van der Waals surface area (Å²) in [5.74, 6) is 0.776. The minimum Gasteiger partial charge on any atom is -0.379 e. The lowest BCUT2D eigenvalue weighted by Gasteiger charge is -2.11. The summed E-state index contributed by atoms with van der Waals surface area (Å²) in [6, 6.07) is 4.12. The third kappa shape index (κ3) is 7.56. The van der Waals surface area contributed by atoms with Gasteiger partial charge in [0.05, 0.1) is 25.5 Å². The Kier molecular flexibility index (Phi) is 9.65. The average molecular weight is 376 g/mol. The fourth-order valence-electron chi connectivity index (χ4n) is 2.66. The Balaban J connectivity index is 1.58. The summed E-state index contributed by atoms with van der Waals surface area (Å²) < 4.78 is 13.1. The molecule has 0 bridgehead atoms. The summed E-state index contributed by atoms with van der Waals surface area (Å²) >= 11 is 0. The summed E-state index contributed by atoms with van der Waals surface area (Å²) in [5, 5.41) is 6.56. The van der Waals surface area contributed by atoms with Gasteiger partial charge in [-0.3, -0.25) is 4.99 Å². The number of ether oxygens (including phenoxy) is 2. The molecule has 2 aromatic heterocycles. The van der Waals surface area contributed by atoms with Crippen LogP contribution in [0, 0.1) is 6.92 Å². The Morgan fingerprint density at radius 3 is 2.67 bits per heavy atom. The lowest BCUT2D eigenvalue weighted by atomic mass is 10.3. The van der Waals surface area contributed by atoms with E-state index in [1.165, 1.54) is 5.56 Å². The highest BCUT2D eigenvalue weighted by Gasteiger charge is 2.04. The number of aliphatic imine (C=N–C) groups is 1. The number of pyridine rings is 1. The smallest absolute Gasteiger partial charge is 0.191 e. The first-order chi connectivity index (χ1) is 13.2. The summed E-state index contributed by atoms with van der Waals surface area (Å²) in [6.07, 6.45) is 7.22. The van der Waals surface area contributed by atoms with Gasteiger partial charge < -0.3 is 24.5 Å². The van der Waals surface area contributed by atoms with Crippen LogP contribution in [0.25, 0.3) is 5.65 Å². The van der Waals surface area contributed by atoms with Crippen molar-refractivity contribution in [3.05, 3.63) is 35.8 Å². The highest BCUT2D eigenvalue weighted by Crippen LogP contribution is 2.09. The maximum absolute atomic E-state index is 5.54. The van der Waals surface area contributed by atoms with Crippen LogP contribution in [0.4, 0.5) is 0 Å². The highest BCUT2D eigenvalue weighted by molar-refractivity contribution is 5.79. The van der Waals surface area contributed by atoms with E-state index in [1.54, 1.807) is 7.05 Å². The quantitative estimate of drug-likeness (QED) is 0.338. The molecule has 0 atom stereocenters. The van der Waals surface area contributed by atoms with Gasteiger partial charge in [0, 0.05) is 45.6 Å². The molecule has 0 unspecified atom stereocenters. The predicted molar refractivity (Wildman–Crippen MR) is 110 cm³/mol. The number of unbranched alkanes of at least 4 members (excludes halogenated alkanes) is 1. The normalized spacial score (nSPS) is 11.9. The number of hydrogen-bond acceptors (Lipinski definition) is 4. The first-order valence-electron chi connectivity index (χ1n) is 9.77. The van der Waals surface area contributed by atoms with E-state index < -0.39 is 0 Å². The number of imidazole rings is 1. The van der Waals surface area contributed by atoms with Crippen LogP contribution >= 0.6 is 0 Å². The van der Waals surface area contributed by atoms with Gasteiger partial charge in [-0.05, 0) is 25.0 Å². The monoisotopic (exact) mass is 375 g/mol. The van der Waals surface area contributed by atoms with Gasteiger partial charge in [-0.2, -0.15) is 0 Å². The molecule has 7 heteroatoms. The van der Waals surface area contributed by atoms with Crippen LogP contribution in [0.3, 0.4) is 0 Å². The van der Waals surface area contributed by atoms with Gasteiger partial charge in [-0.1, -0.05) is 19.4 Å². The Hall–Kier alpha value is -2.12. The van der Waals surface area contributed by atoms with Crippen molar-refractivity contribution in [2.45, 2.75) is 33.1 Å². The van der Waals surface area contributed by atoms with Gasteiger partial charge in [0.15, 0.2) is 5.96 Å². The van der Waals surface area contributed by atoms with E-state index >= 15 is 0 Å². The zero-order valence-electron chi connectivity index (χ0n) is 16.8. The zero-order chi connectivity index (χ0) is 19.3. The second-order valence-corrected chi connectivity index (χ2v) is 6.41. The SMILES string of the molecule is CCCCOCCOCCNC(=NC)NCCc1cn2cccc(C)c2n1. The van der Waals surface area contributed by atoms with Crippen molar-refractivity contribution in [1.29, 1.82) is 0 Å². The number of nitrogens with one attached hydrogen (secondary N) is 2. The number of rotatable bonds is 12. The zero-order valence-corrected chi connectivity index (χ0v) is 16.8. The molecule has 0 aliphatic heterocycles. The van der Waals surface area contributed by atoms with E-state index in [2.05, 4.69) is 51.1 Å². The standard InChI is InChI=1S/C20H33N5O2/c1-4-5-12-26-14-15-27-13-10-23-20(21-3)22-9-8-18-16-25-11-6-7-17(2)19(25)24-18/h6-7,11,16H,4-5,8-10,12-15H2,1-3H3,(H2,21,22,23). The molecule has 0 fully saturated rings. The van der Waals surface area contributed by atoms with E-state index in [1.807, 2.05) is 12.3 Å². The molecule has 0 amide bonds. The number of aryl methyl sites for hydroxylation is 1. The fourth-order valence-corrected chi connectivity index (χ4v) is 2.66. The first-order valence-corrected chi connectivity index (χ1v) is 9.77. The molecular formula is C20H33N5O2. The third-order valence-electron chi connectivity index (χ3n) is 4.18. The van der Waals surface area contributed by atoms with E-state index in [-0.39, 0.29) is 0 Å². The number of fused-ring (bicyclic) bond motifs is 1. The Morgan fingerprint density at radius 2 is 1.93 bits per heavy atom. The maximum Gasteiger partial charge on any atom is 0.191 e. The molecule has 0 radical (unpaired) electrons. The van der Waals surface area contributed by atoms with Gasteiger partial charge in [0.1, 0.15) is 5.65 Å². The predicted octanol–water partition coefficient (Wildman–Crippen LogP) is 2.18. The maximum atomic E-state index is 5.54. The van der Waals surface area contributed by atoms with Gasteiger partial charge in [-0.15, -0.1) is 0 Å². The minimum atomic E-state index is 0.629. The minimum absolute atomic E-state index is 0.629. The van der Waals surface area contributed by atoms with Crippen LogP contribution in [-0.2, 0) is 15.9 Å². The summed E-state index contributed by atoms with van der Waals surface area (Å²) in [4.78, 5) is 8.92. The Labute approximate surface area is 162 Å². The van der Waals surface area contributed by atoms with E-state index in [0.29, 0.717) is 26.4 Å². The molecule has 7 nitrogen and oxygen atoms in total. The molecule has 2 aromatic rings. The van der Waals surface area contributed by atoms with Crippen molar-refractivity contribution in [2.75, 3.05) is 46.6 Å². The van der Waals surface area contributed by atoms with Crippen LogP contribution in [-0.4, -0.2) is 61.9 Å². The van der Waals surface area contributed by atoms with E-state index in [9.17, 15) is 0 Å². The number of hydrogen-bond donors (Lipinski definition) is 2. The Bertz CT molecular complexity index is 699. The Morgan fingerprint density at radius 1 is 1.15 bits per heavy atom. The van der Waals surface area contributed by atoms with Crippen LogP contribution in [0.1, 0.15) is 31.0 Å². The van der Waals surface area contributed by atoms with Crippen LogP contribution in [0.15, 0.2) is 29.5 Å². The number of aromatic nitrogens is 2. The third-order valence-corrected chi connectivity index (χ3v) is 4.18. The van der Waals surface area contributed by atoms with E-state index in [4.69, 9.17) is 9.47 Å². The molecule has 0 aliphatic rings. The number of nitrogens with zero attached hydrogens (tertiary/aromatic N) is 3. The van der Waals surface area contributed by atoms with Crippen LogP contribution in [0.5, 0.6) is 0 Å². The number of guanidine groups is 1. The lowest BCUT2D eigenvalue weighted by molar-refractivity contribution is 0.0487. The molecule has 0 saturated heterocycles. The van der Waals surface area contributed by atoms with Crippen molar-refractivity contribution < 1.29 is 9.47 Å². The van der Waals surface area contributed by atoms with Crippen molar-refractivity contribution >= 4 is 11.6 Å². The molecule has 27 heavy (non-hydrogen) atoms. The molecule has 0 saturated carbocycles. The second kappa shape index (κ2) is 12.3. The van der Waals surface area contributed by atoms with Crippen molar-refractivity contribution in [3.63, 3.8) is 0 Å². The van der Waals surface area contributed by atoms with Crippen molar-refractivity contribution in [3.8, 4) is 0 Å².